The topological polar surface area (TPSA) is 105 Å². The number of hydrogen-bond donors (Lipinski definition) is 1. The van der Waals surface area contributed by atoms with Gasteiger partial charge in [0.1, 0.15) is 0 Å². The zero-order chi connectivity index (χ0) is 15.1. The monoisotopic (exact) mass is 277 g/mol. The minimum atomic E-state index is -0.609. The van der Waals surface area contributed by atoms with Crippen LogP contribution in [0.2, 0.25) is 0 Å². The highest BCUT2D eigenvalue weighted by molar-refractivity contribution is 5.95. The van der Waals surface area contributed by atoms with Crippen molar-refractivity contribution in [2.24, 2.45) is 0 Å². The van der Waals surface area contributed by atoms with Crippen molar-refractivity contribution in [2.75, 3.05) is 7.11 Å². The van der Waals surface area contributed by atoms with E-state index in [1.165, 1.54) is 19.2 Å². The number of ether oxygens (including phenoxy) is 1. The Morgan fingerprint density at radius 1 is 1.60 bits per heavy atom. The van der Waals surface area contributed by atoms with Gasteiger partial charge in [0.05, 0.1) is 24.5 Å². The van der Waals surface area contributed by atoms with Gasteiger partial charge in [-0.2, -0.15) is 5.26 Å². The SMILES string of the molecule is CCC(CC#N)NC(=O)c1ccc(OC)c([N+](=O)[O-])c1. The molecule has 0 heterocycles. The van der Waals surface area contributed by atoms with E-state index in [4.69, 9.17) is 10.00 Å². The zero-order valence-electron chi connectivity index (χ0n) is 11.3. The van der Waals surface area contributed by atoms with Crippen LogP contribution < -0.4 is 10.1 Å². The van der Waals surface area contributed by atoms with Crippen LogP contribution in [0, 0.1) is 21.4 Å². The van der Waals surface area contributed by atoms with Crippen LogP contribution in [-0.2, 0) is 0 Å². The highest BCUT2D eigenvalue weighted by atomic mass is 16.6. The Morgan fingerprint density at radius 2 is 2.30 bits per heavy atom. The molecule has 1 rings (SSSR count). The van der Waals surface area contributed by atoms with Crippen LogP contribution in [0.4, 0.5) is 5.69 Å². The number of methoxy groups -OCH3 is 1. The smallest absolute Gasteiger partial charge is 0.311 e. The summed E-state index contributed by atoms with van der Waals surface area (Å²) in [6.45, 7) is 1.85. The maximum Gasteiger partial charge on any atom is 0.311 e. The normalized spacial score (nSPS) is 11.2. The maximum atomic E-state index is 12.0. The van der Waals surface area contributed by atoms with Gasteiger partial charge < -0.3 is 10.1 Å². The Kier molecular flexibility index (Phi) is 5.47. The van der Waals surface area contributed by atoms with Crippen molar-refractivity contribution >= 4 is 11.6 Å². The quantitative estimate of drug-likeness (QED) is 0.632. The molecule has 0 fully saturated rings. The lowest BCUT2D eigenvalue weighted by Crippen LogP contribution is -2.34. The lowest BCUT2D eigenvalue weighted by atomic mass is 10.1. The van der Waals surface area contributed by atoms with Gasteiger partial charge in [-0.15, -0.1) is 0 Å². The van der Waals surface area contributed by atoms with Gasteiger partial charge in [0, 0.05) is 17.7 Å². The van der Waals surface area contributed by atoms with Gasteiger partial charge in [0.25, 0.3) is 5.91 Å². The number of benzene rings is 1. The van der Waals surface area contributed by atoms with Crippen molar-refractivity contribution in [1.82, 2.24) is 5.32 Å². The Morgan fingerprint density at radius 3 is 2.80 bits per heavy atom. The fourth-order valence-corrected chi connectivity index (χ4v) is 1.65. The number of carbonyl (C=O) groups excluding carboxylic acids is 1. The van der Waals surface area contributed by atoms with Crippen LogP contribution in [0.15, 0.2) is 18.2 Å². The van der Waals surface area contributed by atoms with E-state index in [2.05, 4.69) is 5.32 Å². The van der Waals surface area contributed by atoms with Gasteiger partial charge in [0.15, 0.2) is 5.75 Å². The first-order valence-corrected chi connectivity index (χ1v) is 6.03. The number of rotatable bonds is 6. The van der Waals surface area contributed by atoms with Crippen LogP contribution in [0.1, 0.15) is 30.1 Å². The molecule has 0 radical (unpaired) electrons. The van der Waals surface area contributed by atoms with Crippen molar-refractivity contribution in [3.05, 3.63) is 33.9 Å². The fourth-order valence-electron chi connectivity index (χ4n) is 1.65. The first-order chi connectivity index (χ1) is 9.53. The second-order valence-electron chi connectivity index (χ2n) is 4.08. The van der Waals surface area contributed by atoms with Crippen molar-refractivity contribution < 1.29 is 14.5 Å². The number of hydrogen-bond acceptors (Lipinski definition) is 5. The van der Waals surface area contributed by atoms with E-state index >= 15 is 0 Å². The van der Waals surface area contributed by atoms with E-state index in [0.717, 1.165) is 6.07 Å². The third-order valence-corrected chi connectivity index (χ3v) is 2.80. The van der Waals surface area contributed by atoms with Gasteiger partial charge >= 0.3 is 5.69 Å². The third kappa shape index (κ3) is 3.68. The van der Waals surface area contributed by atoms with Crippen LogP contribution in [0.5, 0.6) is 5.75 Å². The molecule has 1 atom stereocenters. The lowest BCUT2D eigenvalue weighted by Gasteiger charge is -2.13. The molecule has 0 saturated heterocycles. The molecule has 1 N–H and O–H groups in total. The summed E-state index contributed by atoms with van der Waals surface area (Å²) in [7, 11) is 1.32. The number of nitrogens with one attached hydrogen (secondary N) is 1. The second kappa shape index (κ2) is 7.09. The van der Waals surface area contributed by atoms with E-state index in [1.54, 1.807) is 0 Å². The summed E-state index contributed by atoms with van der Waals surface area (Å²) in [4.78, 5) is 22.3. The highest BCUT2D eigenvalue weighted by Gasteiger charge is 2.19. The van der Waals surface area contributed by atoms with Gasteiger partial charge in [-0.3, -0.25) is 14.9 Å². The Hall–Kier alpha value is -2.62. The molecule has 0 saturated carbocycles. The van der Waals surface area contributed by atoms with E-state index in [9.17, 15) is 14.9 Å². The van der Waals surface area contributed by atoms with Crippen molar-refractivity contribution in [1.29, 1.82) is 5.26 Å². The Labute approximate surface area is 116 Å². The third-order valence-electron chi connectivity index (χ3n) is 2.80. The maximum absolute atomic E-state index is 12.0. The number of carbonyl (C=O) groups is 1. The molecule has 0 aliphatic heterocycles. The number of nitro groups is 1. The summed E-state index contributed by atoms with van der Waals surface area (Å²) in [6.07, 6.45) is 0.804. The lowest BCUT2D eigenvalue weighted by molar-refractivity contribution is -0.385. The molecule has 0 aliphatic carbocycles. The summed E-state index contributed by atoms with van der Waals surface area (Å²) in [5.74, 6) is -0.353. The summed E-state index contributed by atoms with van der Waals surface area (Å²) < 4.78 is 4.87. The van der Waals surface area contributed by atoms with Crippen molar-refractivity contribution in [2.45, 2.75) is 25.8 Å². The van der Waals surface area contributed by atoms with E-state index in [-0.39, 0.29) is 29.5 Å². The molecule has 7 nitrogen and oxygen atoms in total. The summed E-state index contributed by atoms with van der Waals surface area (Å²) in [5, 5.41) is 22.2. The molecule has 106 valence electrons. The molecule has 0 aliphatic rings. The zero-order valence-corrected chi connectivity index (χ0v) is 11.3. The van der Waals surface area contributed by atoms with Crippen LogP contribution in [-0.4, -0.2) is 24.0 Å². The molecular weight excluding hydrogens is 262 g/mol. The van der Waals surface area contributed by atoms with Crippen molar-refractivity contribution in [3.8, 4) is 11.8 Å². The van der Waals surface area contributed by atoms with Crippen molar-refractivity contribution in [3.63, 3.8) is 0 Å². The first-order valence-electron chi connectivity index (χ1n) is 6.03. The molecule has 1 unspecified atom stereocenters. The largest absolute Gasteiger partial charge is 0.490 e. The molecule has 7 heteroatoms. The molecule has 1 aromatic carbocycles. The predicted molar refractivity (Wildman–Crippen MR) is 71.4 cm³/mol. The van der Waals surface area contributed by atoms with E-state index in [0.29, 0.717) is 6.42 Å². The molecule has 1 aromatic rings. The minimum absolute atomic E-state index is 0.0932. The summed E-state index contributed by atoms with van der Waals surface area (Å²) in [5.41, 5.74) is -0.109. The molecule has 0 aromatic heterocycles. The Balaban J connectivity index is 2.97. The number of nitriles is 1. The molecule has 1 amide bonds. The molecule has 0 spiro atoms. The summed E-state index contributed by atoms with van der Waals surface area (Å²) in [6, 6.07) is 5.69. The van der Waals surface area contributed by atoms with Crippen LogP contribution >= 0.6 is 0 Å². The average Bonchev–Trinajstić information content (AvgIpc) is 2.45. The van der Waals surface area contributed by atoms with Gasteiger partial charge in [0.2, 0.25) is 0 Å². The fraction of sp³-hybridized carbons (Fsp3) is 0.385. The van der Waals surface area contributed by atoms with Gasteiger partial charge in [-0.1, -0.05) is 6.92 Å². The highest BCUT2D eigenvalue weighted by Crippen LogP contribution is 2.27. The number of amides is 1. The predicted octanol–water partition coefficient (Wildman–Crippen LogP) is 2.03. The average molecular weight is 277 g/mol. The van der Waals surface area contributed by atoms with Gasteiger partial charge in [-0.25, -0.2) is 0 Å². The van der Waals surface area contributed by atoms with E-state index < -0.39 is 10.8 Å². The summed E-state index contributed by atoms with van der Waals surface area (Å²) >= 11 is 0. The second-order valence-corrected chi connectivity index (χ2v) is 4.08. The van der Waals surface area contributed by atoms with E-state index in [1.807, 2.05) is 13.0 Å². The standard InChI is InChI=1S/C13H15N3O4/c1-3-10(6-7-14)15-13(17)9-4-5-12(20-2)11(8-9)16(18)19/h4-5,8,10H,3,6H2,1-2H3,(H,15,17). The molecule has 0 bridgehead atoms. The van der Waals surface area contributed by atoms with Crippen LogP contribution in [0.3, 0.4) is 0 Å². The first kappa shape index (κ1) is 15.4. The van der Waals surface area contributed by atoms with Crippen LogP contribution in [0.25, 0.3) is 0 Å². The molecule has 20 heavy (non-hydrogen) atoms. The number of nitro benzene ring substituents is 1. The number of nitrogens with zero attached hydrogens (tertiary/aromatic N) is 2. The molecular formula is C13H15N3O4. The Bertz CT molecular complexity index is 551. The minimum Gasteiger partial charge on any atom is -0.490 e. The van der Waals surface area contributed by atoms with Gasteiger partial charge in [-0.05, 0) is 18.6 Å².